The Labute approximate surface area is 104 Å². The first-order valence-electron chi connectivity index (χ1n) is 6.85. The Balaban J connectivity index is 2.27. The third-order valence-corrected chi connectivity index (χ3v) is 3.86. The fourth-order valence-electron chi connectivity index (χ4n) is 2.67. The largest absolute Gasteiger partial charge is 0.383 e. The number of aryl methyl sites for hydroxylation is 1. The molecule has 0 atom stereocenters. The molecule has 2 N–H and O–H groups in total. The second-order valence-electron chi connectivity index (χ2n) is 5.08. The Morgan fingerprint density at radius 1 is 1.12 bits per heavy atom. The number of anilines is 1. The second kappa shape index (κ2) is 5.48. The number of hydrogen-bond acceptors (Lipinski definition) is 3. The van der Waals surface area contributed by atoms with Crippen molar-refractivity contribution >= 4 is 5.82 Å². The van der Waals surface area contributed by atoms with Gasteiger partial charge in [-0.05, 0) is 26.2 Å². The summed E-state index contributed by atoms with van der Waals surface area (Å²) < 4.78 is 0. The van der Waals surface area contributed by atoms with Crippen LogP contribution in [0.2, 0.25) is 0 Å². The van der Waals surface area contributed by atoms with E-state index in [0.29, 0.717) is 11.7 Å². The van der Waals surface area contributed by atoms with Crippen molar-refractivity contribution in [2.24, 2.45) is 0 Å². The first-order valence-corrected chi connectivity index (χ1v) is 6.85. The van der Waals surface area contributed by atoms with E-state index in [0.717, 1.165) is 23.5 Å². The third kappa shape index (κ3) is 2.76. The van der Waals surface area contributed by atoms with Crippen LogP contribution in [0.1, 0.15) is 68.4 Å². The molecular weight excluding hydrogens is 210 g/mol. The zero-order valence-electron chi connectivity index (χ0n) is 11.0. The van der Waals surface area contributed by atoms with E-state index in [1.165, 1.54) is 38.5 Å². The zero-order chi connectivity index (χ0) is 12.3. The van der Waals surface area contributed by atoms with Crippen molar-refractivity contribution in [1.29, 1.82) is 0 Å². The van der Waals surface area contributed by atoms with Crippen molar-refractivity contribution in [2.45, 2.75) is 64.7 Å². The summed E-state index contributed by atoms with van der Waals surface area (Å²) in [5, 5.41) is 0. The van der Waals surface area contributed by atoms with Crippen molar-refractivity contribution in [2.75, 3.05) is 5.73 Å². The number of rotatable bonds is 2. The standard InChI is InChI=1S/C14H23N3/c1-3-12-10(2)13(15)17-14(16-12)11-8-6-4-5-7-9-11/h11H,3-9H2,1-2H3,(H2,15,16,17). The van der Waals surface area contributed by atoms with Gasteiger partial charge in [-0.2, -0.15) is 0 Å². The van der Waals surface area contributed by atoms with E-state index >= 15 is 0 Å². The van der Waals surface area contributed by atoms with Crippen LogP contribution in [0.5, 0.6) is 0 Å². The van der Waals surface area contributed by atoms with Gasteiger partial charge in [-0.1, -0.05) is 32.6 Å². The molecule has 1 saturated carbocycles. The molecule has 0 spiro atoms. The maximum atomic E-state index is 5.99. The highest BCUT2D eigenvalue weighted by molar-refractivity contribution is 5.41. The SMILES string of the molecule is CCc1nc(C2CCCCCC2)nc(N)c1C. The number of aromatic nitrogens is 2. The van der Waals surface area contributed by atoms with Gasteiger partial charge in [-0.3, -0.25) is 0 Å². The summed E-state index contributed by atoms with van der Waals surface area (Å²) in [6, 6.07) is 0. The van der Waals surface area contributed by atoms with Gasteiger partial charge in [0.2, 0.25) is 0 Å². The van der Waals surface area contributed by atoms with E-state index < -0.39 is 0 Å². The molecule has 0 bridgehead atoms. The van der Waals surface area contributed by atoms with Crippen LogP contribution in [0.4, 0.5) is 5.82 Å². The van der Waals surface area contributed by atoms with Gasteiger partial charge in [0.25, 0.3) is 0 Å². The summed E-state index contributed by atoms with van der Waals surface area (Å²) in [6.07, 6.45) is 8.74. The van der Waals surface area contributed by atoms with Crippen molar-refractivity contribution in [1.82, 2.24) is 9.97 Å². The lowest BCUT2D eigenvalue weighted by atomic mass is 9.99. The van der Waals surface area contributed by atoms with Gasteiger partial charge in [0, 0.05) is 17.2 Å². The van der Waals surface area contributed by atoms with Crippen LogP contribution >= 0.6 is 0 Å². The van der Waals surface area contributed by atoms with E-state index in [2.05, 4.69) is 11.9 Å². The molecule has 3 heteroatoms. The van der Waals surface area contributed by atoms with E-state index in [4.69, 9.17) is 10.7 Å². The minimum absolute atomic E-state index is 0.533. The van der Waals surface area contributed by atoms with Crippen molar-refractivity contribution in [3.05, 3.63) is 17.1 Å². The molecule has 0 amide bonds. The Kier molecular flexibility index (Phi) is 3.97. The van der Waals surface area contributed by atoms with Crippen LogP contribution in [0.25, 0.3) is 0 Å². The summed E-state index contributed by atoms with van der Waals surface area (Å²) in [6.45, 7) is 4.15. The number of nitrogens with zero attached hydrogens (tertiary/aromatic N) is 2. The monoisotopic (exact) mass is 233 g/mol. The molecule has 3 nitrogen and oxygen atoms in total. The van der Waals surface area contributed by atoms with Gasteiger partial charge < -0.3 is 5.73 Å². The number of nitrogen functional groups attached to an aromatic ring is 1. The molecule has 2 rings (SSSR count). The molecule has 0 radical (unpaired) electrons. The van der Waals surface area contributed by atoms with Gasteiger partial charge >= 0.3 is 0 Å². The topological polar surface area (TPSA) is 51.8 Å². The predicted octanol–water partition coefficient (Wildman–Crippen LogP) is 3.37. The molecular formula is C14H23N3. The first kappa shape index (κ1) is 12.3. The normalized spacial score (nSPS) is 18.0. The molecule has 1 fully saturated rings. The highest BCUT2D eigenvalue weighted by atomic mass is 15.0. The maximum Gasteiger partial charge on any atom is 0.134 e. The minimum atomic E-state index is 0.533. The first-order chi connectivity index (χ1) is 8.22. The molecule has 0 unspecified atom stereocenters. The summed E-state index contributed by atoms with van der Waals surface area (Å²) in [4.78, 5) is 9.24. The average molecular weight is 233 g/mol. The number of nitrogens with two attached hydrogens (primary N) is 1. The fraction of sp³-hybridized carbons (Fsp3) is 0.714. The fourth-order valence-corrected chi connectivity index (χ4v) is 2.67. The van der Waals surface area contributed by atoms with Gasteiger partial charge in [0.05, 0.1) is 0 Å². The molecule has 1 aromatic heterocycles. The van der Waals surface area contributed by atoms with Crippen molar-refractivity contribution in [3.63, 3.8) is 0 Å². The van der Waals surface area contributed by atoms with E-state index in [9.17, 15) is 0 Å². The lowest BCUT2D eigenvalue weighted by Gasteiger charge is -2.15. The maximum absolute atomic E-state index is 5.99. The summed E-state index contributed by atoms with van der Waals surface area (Å²) in [5.74, 6) is 2.20. The average Bonchev–Trinajstić information content (AvgIpc) is 2.61. The van der Waals surface area contributed by atoms with Gasteiger partial charge in [0.1, 0.15) is 11.6 Å². The van der Waals surface area contributed by atoms with Crippen LogP contribution in [0.15, 0.2) is 0 Å². The summed E-state index contributed by atoms with van der Waals surface area (Å²) in [5.41, 5.74) is 8.17. The molecule has 0 saturated heterocycles. The van der Waals surface area contributed by atoms with Crippen LogP contribution < -0.4 is 5.73 Å². The Hall–Kier alpha value is -1.12. The highest BCUT2D eigenvalue weighted by Crippen LogP contribution is 2.30. The lowest BCUT2D eigenvalue weighted by Crippen LogP contribution is -2.10. The Bertz CT molecular complexity index is 379. The van der Waals surface area contributed by atoms with Crippen LogP contribution in [0.3, 0.4) is 0 Å². The van der Waals surface area contributed by atoms with Gasteiger partial charge in [-0.15, -0.1) is 0 Å². The minimum Gasteiger partial charge on any atom is -0.383 e. The second-order valence-corrected chi connectivity index (χ2v) is 5.08. The molecule has 94 valence electrons. The molecule has 0 aromatic carbocycles. The van der Waals surface area contributed by atoms with Gasteiger partial charge in [0.15, 0.2) is 0 Å². The molecule has 1 aliphatic carbocycles. The van der Waals surface area contributed by atoms with Crippen molar-refractivity contribution in [3.8, 4) is 0 Å². The van der Waals surface area contributed by atoms with E-state index in [1.54, 1.807) is 0 Å². The molecule has 1 aliphatic rings. The quantitative estimate of drug-likeness (QED) is 0.797. The third-order valence-electron chi connectivity index (χ3n) is 3.86. The smallest absolute Gasteiger partial charge is 0.134 e. The van der Waals surface area contributed by atoms with Crippen LogP contribution in [-0.4, -0.2) is 9.97 Å². The lowest BCUT2D eigenvalue weighted by molar-refractivity contribution is 0.558. The summed E-state index contributed by atoms with van der Waals surface area (Å²) in [7, 11) is 0. The molecule has 1 aromatic rings. The van der Waals surface area contributed by atoms with E-state index in [1.807, 2.05) is 6.92 Å². The molecule has 1 heterocycles. The van der Waals surface area contributed by atoms with Gasteiger partial charge in [-0.25, -0.2) is 9.97 Å². The Morgan fingerprint density at radius 3 is 2.35 bits per heavy atom. The molecule has 17 heavy (non-hydrogen) atoms. The highest BCUT2D eigenvalue weighted by Gasteiger charge is 2.19. The van der Waals surface area contributed by atoms with Crippen LogP contribution in [0, 0.1) is 6.92 Å². The molecule has 0 aliphatic heterocycles. The van der Waals surface area contributed by atoms with Crippen LogP contribution in [-0.2, 0) is 6.42 Å². The van der Waals surface area contributed by atoms with E-state index in [-0.39, 0.29) is 0 Å². The summed E-state index contributed by atoms with van der Waals surface area (Å²) >= 11 is 0. The Morgan fingerprint density at radius 2 is 1.76 bits per heavy atom. The predicted molar refractivity (Wildman–Crippen MR) is 71.0 cm³/mol. The number of hydrogen-bond donors (Lipinski definition) is 1. The van der Waals surface area contributed by atoms with Crippen molar-refractivity contribution < 1.29 is 0 Å². The zero-order valence-corrected chi connectivity index (χ0v) is 11.0.